The van der Waals surface area contributed by atoms with Gasteiger partial charge in [0.15, 0.2) is 10.8 Å². The zero-order valence-corrected chi connectivity index (χ0v) is 13.3. The molecule has 0 saturated carbocycles. The van der Waals surface area contributed by atoms with Crippen LogP contribution < -0.4 is 0 Å². The number of carboxylic acid groups (broad SMARTS) is 4. The summed E-state index contributed by atoms with van der Waals surface area (Å²) in [5.74, 6) is -5.02. The SMILES string of the molecule is CCC(CC)(C(=O)O)C(=O)O.CCC(CC)(C(=O)O)C(=O)O. The average Bonchev–Trinajstić information content (AvgIpc) is 2.41. The fourth-order valence-corrected chi connectivity index (χ4v) is 1.89. The van der Waals surface area contributed by atoms with Crippen LogP contribution in [0.2, 0.25) is 0 Å². The lowest BCUT2D eigenvalue weighted by Crippen LogP contribution is -2.38. The van der Waals surface area contributed by atoms with Gasteiger partial charge in [0.2, 0.25) is 0 Å². The Hall–Kier alpha value is -2.12. The van der Waals surface area contributed by atoms with Gasteiger partial charge >= 0.3 is 23.9 Å². The minimum atomic E-state index is -1.58. The van der Waals surface area contributed by atoms with Gasteiger partial charge in [-0.25, -0.2) is 0 Å². The first-order valence-corrected chi connectivity index (χ1v) is 6.95. The molecule has 0 aromatic heterocycles. The summed E-state index contributed by atoms with van der Waals surface area (Å²) in [5.41, 5.74) is -3.17. The third-order valence-electron chi connectivity index (χ3n) is 4.05. The number of hydrogen-bond donors (Lipinski definition) is 4. The summed E-state index contributed by atoms with van der Waals surface area (Å²) >= 11 is 0. The van der Waals surface area contributed by atoms with Crippen LogP contribution in [0.25, 0.3) is 0 Å². The molecule has 0 amide bonds. The Kier molecular flexibility index (Phi) is 9.08. The zero-order chi connectivity index (χ0) is 18.1. The van der Waals surface area contributed by atoms with E-state index in [1.165, 1.54) is 0 Å². The Balaban J connectivity index is 0. The topological polar surface area (TPSA) is 149 Å². The Morgan fingerprint density at radius 2 is 0.682 bits per heavy atom. The molecular formula is C14H24O8. The van der Waals surface area contributed by atoms with Crippen LogP contribution >= 0.6 is 0 Å². The van der Waals surface area contributed by atoms with Crippen molar-refractivity contribution in [3.05, 3.63) is 0 Å². The molecule has 0 saturated heterocycles. The summed E-state index contributed by atoms with van der Waals surface area (Å²) in [6.07, 6.45) is 0.477. The third kappa shape index (κ3) is 4.44. The van der Waals surface area contributed by atoms with E-state index in [2.05, 4.69) is 0 Å². The molecule has 0 unspecified atom stereocenters. The number of carbonyl (C=O) groups is 4. The standard InChI is InChI=1S/2C7H12O4/c2*1-3-7(4-2,5(8)9)6(10)11/h2*3-4H2,1-2H3,(H,8,9)(H,10,11). The van der Waals surface area contributed by atoms with Crippen molar-refractivity contribution in [3.63, 3.8) is 0 Å². The second kappa shape index (κ2) is 9.01. The van der Waals surface area contributed by atoms with Crippen molar-refractivity contribution in [3.8, 4) is 0 Å². The Labute approximate surface area is 128 Å². The fourth-order valence-electron chi connectivity index (χ4n) is 1.89. The third-order valence-corrected chi connectivity index (χ3v) is 4.05. The van der Waals surface area contributed by atoms with Crippen LogP contribution in [0.1, 0.15) is 53.4 Å². The second-order valence-electron chi connectivity index (χ2n) is 4.80. The van der Waals surface area contributed by atoms with Crippen molar-refractivity contribution in [2.75, 3.05) is 0 Å². The molecule has 8 nitrogen and oxygen atoms in total. The van der Waals surface area contributed by atoms with Crippen molar-refractivity contribution in [1.82, 2.24) is 0 Å². The van der Waals surface area contributed by atoms with Crippen molar-refractivity contribution in [2.24, 2.45) is 10.8 Å². The highest BCUT2D eigenvalue weighted by Crippen LogP contribution is 2.27. The first-order valence-electron chi connectivity index (χ1n) is 6.95. The van der Waals surface area contributed by atoms with E-state index in [1.807, 2.05) is 0 Å². The summed E-state index contributed by atoms with van der Waals surface area (Å²) in [6, 6.07) is 0. The first kappa shape index (κ1) is 22.2. The summed E-state index contributed by atoms with van der Waals surface area (Å²) in [7, 11) is 0. The predicted octanol–water partition coefficient (Wildman–Crippen LogP) is 1.92. The molecule has 22 heavy (non-hydrogen) atoms. The average molecular weight is 320 g/mol. The molecule has 0 heterocycles. The van der Waals surface area contributed by atoms with Crippen LogP contribution in [-0.2, 0) is 19.2 Å². The number of aliphatic carboxylic acids is 4. The molecule has 0 radical (unpaired) electrons. The number of rotatable bonds is 8. The number of hydrogen-bond acceptors (Lipinski definition) is 4. The van der Waals surface area contributed by atoms with E-state index in [4.69, 9.17) is 20.4 Å². The van der Waals surface area contributed by atoms with Gasteiger partial charge in [-0.05, 0) is 25.7 Å². The van der Waals surface area contributed by atoms with Gasteiger partial charge < -0.3 is 20.4 Å². The smallest absolute Gasteiger partial charge is 0.321 e. The lowest BCUT2D eigenvalue weighted by molar-refractivity contribution is -0.167. The normalized spacial score (nSPS) is 11.1. The van der Waals surface area contributed by atoms with E-state index in [1.54, 1.807) is 27.7 Å². The Morgan fingerprint density at radius 3 is 0.682 bits per heavy atom. The van der Waals surface area contributed by atoms with Gasteiger partial charge in [0, 0.05) is 0 Å². The van der Waals surface area contributed by atoms with Gasteiger partial charge in [0.05, 0.1) is 0 Å². The van der Waals surface area contributed by atoms with Crippen molar-refractivity contribution >= 4 is 23.9 Å². The second-order valence-corrected chi connectivity index (χ2v) is 4.80. The molecule has 0 aromatic carbocycles. The molecule has 128 valence electrons. The molecule has 0 aliphatic heterocycles. The summed E-state index contributed by atoms with van der Waals surface area (Å²) in [6.45, 7) is 6.24. The van der Waals surface area contributed by atoms with Crippen LogP contribution in [-0.4, -0.2) is 44.3 Å². The molecule has 0 fully saturated rings. The van der Waals surface area contributed by atoms with Crippen LogP contribution in [0.4, 0.5) is 0 Å². The van der Waals surface area contributed by atoms with Gasteiger partial charge in [0.25, 0.3) is 0 Å². The zero-order valence-electron chi connectivity index (χ0n) is 13.3. The van der Waals surface area contributed by atoms with Gasteiger partial charge in [-0.15, -0.1) is 0 Å². The lowest BCUT2D eigenvalue weighted by atomic mass is 9.83. The maximum absolute atomic E-state index is 10.5. The molecule has 0 rings (SSSR count). The molecule has 0 spiro atoms. The van der Waals surface area contributed by atoms with Crippen molar-refractivity contribution in [1.29, 1.82) is 0 Å². The van der Waals surface area contributed by atoms with E-state index in [9.17, 15) is 19.2 Å². The summed E-state index contributed by atoms with van der Waals surface area (Å²) < 4.78 is 0. The maximum atomic E-state index is 10.5. The highest BCUT2D eigenvalue weighted by molar-refractivity contribution is 5.98. The minimum Gasteiger partial charge on any atom is -0.480 e. The first-order chi connectivity index (χ1) is 10.0. The number of carboxylic acids is 4. The van der Waals surface area contributed by atoms with Crippen LogP contribution in [0, 0.1) is 10.8 Å². The van der Waals surface area contributed by atoms with Crippen LogP contribution in [0.5, 0.6) is 0 Å². The minimum absolute atomic E-state index is 0.119. The van der Waals surface area contributed by atoms with E-state index in [0.717, 1.165) is 0 Å². The predicted molar refractivity (Wildman–Crippen MR) is 76.6 cm³/mol. The lowest BCUT2D eigenvalue weighted by Gasteiger charge is -2.20. The highest BCUT2D eigenvalue weighted by atomic mass is 16.4. The van der Waals surface area contributed by atoms with Crippen molar-refractivity contribution in [2.45, 2.75) is 53.4 Å². The van der Waals surface area contributed by atoms with Gasteiger partial charge in [-0.1, -0.05) is 27.7 Å². The molecule has 4 N–H and O–H groups in total. The highest BCUT2D eigenvalue weighted by Gasteiger charge is 2.43. The quantitative estimate of drug-likeness (QED) is 0.495. The Bertz CT molecular complexity index is 347. The van der Waals surface area contributed by atoms with E-state index in [-0.39, 0.29) is 25.7 Å². The monoisotopic (exact) mass is 320 g/mol. The molecule has 0 bridgehead atoms. The van der Waals surface area contributed by atoms with Gasteiger partial charge in [-0.3, -0.25) is 19.2 Å². The van der Waals surface area contributed by atoms with Crippen LogP contribution in [0.3, 0.4) is 0 Å². The molecule has 0 atom stereocenters. The van der Waals surface area contributed by atoms with Crippen molar-refractivity contribution < 1.29 is 39.6 Å². The molecule has 8 heteroatoms. The van der Waals surface area contributed by atoms with E-state index in [0.29, 0.717) is 0 Å². The summed E-state index contributed by atoms with van der Waals surface area (Å²) in [5, 5.41) is 34.5. The molecular weight excluding hydrogens is 296 g/mol. The molecule has 0 aliphatic rings. The van der Waals surface area contributed by atoms with Gasteiger partial charge in [-0.2, -0.15) is 0 Å². The van der Waals surface area contributed by atoms with Gasteiger partial charge in [0.1, 0.15) is 0 Å². The summed E-state index contributed by atoms with van der Waals surface area (Å²) in [4.78, 5) is 42.2. The van der Waals surface area contributed by atoms with Crippen LogP contribution in [0.15, 0.2) is 0 Å². The van der Waals surface area contributed by atoms with E-state index >= 15 is 0 Å². The van der Waals surface area contributed by atoms with E-state index < -0.39 is 34.7 Å². The molecule has 0 aromatic rings. The Morgan fingerprint density at radius 1 is 0.545 bits per heavy atom. The maximum Gasteiger partial charge on any atom is 0.321 e. The largest absolute Gasteiger partial charge is 0.480 e. The fraction of sp³-hybridized carbons (Fsp3) is 0.714. The molecule has 0 aliphatic carbocycles.